The highest BCUT2D eigenvalue weighted by atomic mass is 19.4. The standard InChI is InChI=1S/C12H20F3NO/c13-12(14,15)8-10(16)9-3-6-17-11(7-9)4-1-2-5-11/h9-10H,1-8,16H2. The molecule has 1 saturated heterocycles. The molecular formula is C12H20F3NO. The van der Waals surface area contributed by atoms with Crippen molar-refractivity contribution in [2.75, 3.05) is 6.61 Å². The van der Waals surface area contributed by atoms with E-state index in [0.717, 1.165) is 25.7 Å². The molecule has 100 valence electrons. The topological polar surface area (TPSA) is 35.2 Å². The highest BCUT2D eigenvalue weighted by Gasteiger charge is 2.43. The lowest BCUT2D eigenvalue weighted by atomic mass is 9.80. The van der Waals surface area contributed by atoms with Crippen LogP contribution in [-0.4, -0.2) is 24.4 Å². The molecule has 2 nitrogen and oxygen atoms in total. The van der Waals surface area contributed by atoms with E-state index in [1.165, 1.54) is 0 Å². The second-order valence-electron chi connectivity index (χ2n) is 5.47. The molecule has 0 aromatic carbocycles. The zero-order valence-electron chi connectivity index (χ0n) is 9.93. The van der Waals surface area contributed by atoms with Gasteiger partial charge in [-0.05, 0) is 31.6 Å². The summed E-state index contributed by atoms with van der Waals surface area (Å²) in [6, 6.07) is -0.767. The second kappa shape index (κ2) is 4.76. The zero-order valence-corrected chi connectivity index (χ0v) is 9.93. The van der Waals surface area contributed by atoms with E-state index in [4.69, 9.17) is 10.5 Å². The van der Waals surface area contributed by atoms with Gasteiger partial charge in [-0.3, -0.25) is 0 Å². The van der Waals surface area contributed by atoms with Gasteiger partial charge in [-0.15, -0.1) is 0 Å². The van der Waals surface area contributed by atoms with Crippen molar-refractivity contribution < 1.29 is 17.9 Å². The molecule has 2 aliphatic rings. The van der Waals surface area contributed by atoms with Crippen molar-refractivity contribution in [3.8, 4) is 0 Å². The number of nitrogens with two attached hydrogens (primary N) is 1. The highest BCUT2D eigenvalue weighted by Crippen LogP contribution is 2.43. The Labute approximate surface area is 99.7 Å². The quantitative estimate of drug-likeness (QED) is 0.818. The number of ether oxygens (including phenoxy) is 1. The fraction of sp³-hybridized carbons (Fsp3) is 1.00. The molecule has 1 aliphatic carbocycles. The van der Waals surface area contributed by atoms with E-state index in [1.54, 1.807) is 0 Å². The summed E-state index contributed by atoms with van der Waals surface area (Å²) < 4.78 is 42.8. The van der Waals surface area contributed by atoms with Gasteiger partial charge in [-0.25, -0.2) is 0 Å². The predicted molar refractivity (Wildman–Crippen MR) is 58.5 cm³/mol. The van der Waals surface area contributed by atoms with Gasteiger partial charge < -0.3 is 10.5 Å². The summed E-state index contributed by atoms with van der Waals surface area (Å²) >= 11 is 0. The first-order valence-electron chi connectivity index (χ1n) is 6.37. The van der Waals surface area contributed by atoms with Crippen LogP contribution < -0.4 is 5.73 Å². The molecule has 0 aromatic heterocycles. The third kappa shape index (κ3) is 3.35. The van der Waals surface area contributed by atoms with Gasteiger partial charge in [0.1, 0.15) is 0 Å². The Balaban J connectivity index is 1.92. The molecule has 1 saturated carbocycles. The van der Waals surface area contributed by atoms with Crippen LogP contribution in [0.25, 0.3) is 0 Å². The Morgan fingerprint density at radius 2 is 1.94 bits per heavy atom. The van der Waals surface area contributed by atoms with E-state index in [9.17, 15) is 13.2 Å². The van der Waals surface area contributed by atoms with Crippen LogP contribution in [0, 0.1) is 5.92 Å². The largest absolute Gasteiger partial charge is 0.390 e. The van der Waals surface area contributed by atoms with Crippen molar-refractivity contribution >= 4 is 0 Å². The summed E-state index contributed by atoms with van der Waals surface area (Å²) in [7, 11) is 0. The smallest absolute Gasteiger partial charge is 0.375 e. The van der Waals surface area contributed by atoms with E-state index in [2.05, 4.69) is 0 Å². The summed E-state index contributed by atoms with van der Waals surface area (Å²) in [5, 5.41) is 0. The number of hydrogen-bond acceptors (Lipinski definition) is 2. The predicted octanol–water partition coefficient (Wildman–Crippen LogP) is 3.01. The molecule has 0 amide bonds. The van der Waals surface area contributed by atoms with Gasteiger partial charge in [0.05, 0.1) is 12.0 Å². The van der Waals surface area contributed by atoms with Crippen LogP contribution in [0.2, 0.25) is 0 Å². The summed E-state index contributed by atoms with van der Waals surface area (Å²) in [5.41, 5.74) is 5.56. The van der Waals surface area contributed by atoms with Crippen molar-refractivity contribution in [3.63, 3.8) is 0 Å². The average molecular weight is 251 g/mol. The molecule has 0 bridgehead atoms. The number of hydrogen-bond donors (Lipinski definition) is 1. The zero-order chi connectivity index (χ0) is 12.5. The lowest BCUT2D eigenvalue weighted by Crippen LogP contribution is -2.45. The van der Waals surface area contributed by atoms with Gasteiger partial charge >= 0.3 is 6.18 Å². The highest BCUT2D eigenvalue weighted by molar-refractivity contribution is 4.94. The molecule has 1 spiro atoms. The number of rotatable bonds is 2. The van der Waals surface area contributed by atoms with Crippen LogP contribution >= 0.6 is 0 Å². The molecule has 5 heteroatoms. The fourth-order valence-electron chi connectivity index (χ4n) is 3.23. The number of halogens is 3. The van der Waals surface area contributed by atoms with Crippen LogP contribution in [0.5, 0.6) is 0 Å². The first-order chi connectivity index (χ1) is 7.90. The molecular weight excluding hydrogens is 231 g/mol. The molecule has 2 unspecified atom stereocenters. The van der Waals surface area contributed by atoms with Gasteiger partial charge in [0.2, 0.25) is 0 Å². The van der Waals surface area contributed by atoms with E-state index in [1.807, 2.05) is 0 Å². The van der Waals surface area contributed by atoms with Crippen LogP contribution in [0.15, 0.2) is 0 Å². The minimum Gasteiger partial charge on any atom is -0.375 e. The maximum absolute atomic E-state index is 12.3. The van der Waals surface area contributed by atoms with Crippen molar-refractivity contribution in [2.45, 2.75) is 62.8 Å². The molecule has 1 heterocycles. The SMILES string of the molecule is NC(CC(F)(F)F)C1CCOC2(CCCC2)C1. The normalized spacial score (nSPS) is 30.7. The van der Waals surface area contributed by atoms with E-state index in [-0.39, 0.29) is 11.5 Å². The lowest BCUT2D eigenvalue weighted by Gasteiger charge is -2.40. The number of alkyl halides is 3. The summed E-state index contributed by atoms with van der Waals surface area (Å²) in [6.45, 7) is 0.566. The first kappa shape index (κ1) is 13.1. The Hall–Kier alpha value is -0.290. The minimum atomic E-state index is -4.15. The molecule has 2 N–H and O–H groups in total. The van der Waals surface area contributed by atoms with Gasteiger partial charge in [0.25, 0.3) is 0 Å². The van der Waals surface area contributed by atoms with Gasteiger partial charge in [0.15, 0.2) is 0 Å². The van der Waals surface area contributed by atoms with E-state index in [0.29, 0.717) is 19.4 Å². The fourth-order valence-corrected chi connectivity index (χ4v) is 3.23. The monoisotopic (exact) mass is 251 g/mol. The summed E-state index contributed by atoms with van der Waals surface area (Å²) in [4.78, 5) is 0. The Bertz CT molecular complexity index is 261. The molecule has 17 heavy (non-hydrogen) atoms. The van der Waals surface area contributed by atoms with Crippen LogP contribution in [0.1, 0.15) is 44.9 Å². The van der Waals surface area contributed by atoms with Crippen LogP contribution in [0.3, 0.4) is 0 Å². The van der Waals surface area contributed by atoms with Crippen molar-refractivity contribution in [2.24, 2.45) is 11.7 Å². The van der Waals surface area contributed by atoms with Crippen LogP contribution in [-0.2, 0) is 4.74 Å². The van der Waals surface area contributed by atoms with Crippen molar-refractivity contribution in [1.82, 2.24) is 0 Å². The Kier molecular flexibility index (Phi) is 3.69. The minimum absolute atomic E-state index is 0.0384. The Morgan fingerprint density at radius 3 is 2.53 bits per heavy atom. The van der Waals surface area contributed by atoms with Crippen molar-refractivity contribution in [3.05, 3.63) is 0 Å². The molecule has 2 rings (SSSR count). The maximum atomic E-state index is 12.3. The summed E-state index contributed by atoms with van der Waals surface area (Å²) in [5.74, 6) is -0.0384. The molecule has 1 aliphatic heterocycles. The lowest BCUT2D eigenvalue weighted by molar-refractivity contribution is -0.149. The first-order valence-corrected chi connectivity index (χ1v) is 6.37. The van der Waals surface area contributed by atoms with Gasteiger partial charge in [-0.1, -0.05) is 12.8 Å². The molecule has 2 fully saturated rings. The van der Waals surface area contributed by atoms with E-state index >= 15 is 0 Å². The third-order valence-electron chi connectivity index (χ3n) is 4.12. The average Bonchev–Trinajstić information content (AvgIpc) is 2.64. The molecule has 0 radical (unpaired) electrons. The Morgan fingerprint density at radius 1 is 1.29 bits per heavy atom. The third-order valence-corrected chi connectivity index (χ3v) is 4.12. The van der Waals surface area contributed by atoms with Crippen molar-refractivity contribution in [1.29, 1.82) is 0 Å². The second-order valence-corrected chi connectivity index (χ2v) is 5.47. The summed E-state index contributed by atoms with van der Waals surface area (Å²) in [6.07, 6.45) is 0.588. The molecule has 0 aromatic rings. The van der Waals surface area contributed by atoms with Gasteiger partial charge in [-0.2, -0.15) is 13.2 Å². The van der Waals surface area contributed by atoms with Gasteiger partial charge in [0, 0.05) is 12.6 Å². The molecule has 2 atom stereocenters. The van der Waals surface area contributed by atoms with E-state index < -0.39 is 18.6 Å². The van der Waals surface area contributed by atoms with Crippen LogP contribution in [0.4, 0.5) is 13.2 Å². The maximum Gasteiger partial charge on any atom is 0.390 e.